The molecule has 0 heterocycles. The lowest BCUT2D eigenvalue weighted by Gasteiger charge is -2.38. The smallest absolute Gasteiger partial charge is 0.407 e. The number of carboxylic acid groups (broad SMARTS) is 1. The van der Waals surface area contributed by atoms with Crippen LogP contribution in [0.4, 0.5) is 4.79 Å². The molecule has 2 aromatic rings. The number of nitrogens with one attached hydrogen (secondary N) is 2. The number of fused-ring (bicyclic) bond motifs is 3. The van der Waals surface area contributed by atoms with Gasteiger partial charge in [0.25, 0.3) is 0 Å². The summed E-state index contributed by atoms with van der Waals surface area (Å²) in [6.07, 6.45) is 4.55. The number of rotatable bonds is 9. The number of ether oxygens (including phenoxy) is 1. The van der Waals surface area contributed by atoms with Crippen molar-refractivity contribution >= 4 is 18.0 Å². The molecular formula is C28H34N2O5. The van der Waals surface area contributed by atoms with Gasteiger partial charge in [-0.1, -0.05) is 74.7 Å². The zero-order valence-corrected chi connectivity index (χ0v) is 20.2. The maximum absolute atomic E-state index is 12.9. The monoisotopic (exact) mass is 478 g/mol. The summed E-state index contributed by atoms with van der Waals surface area (Å²) < 4.78 is 5.56. The van der Waals surface area contributed by atoms with Crippen LogP contribution in [0.15, 0.2) is 48.5 Å². The van der Waals surface area contributed by atoms with E-state index in [1.54, 1.807) is 6.92 Å². The van der Waals surface area contributed by atoms with Crippen molar-refractivity contribution in [3.63, 3.8) is 0 Å². The van der Waals surface area contributed by atoms with Gasteiger partial charge < -0.3 is 20.5 Å². The van der Waals surface area contributed by atoms with E-state index >= 15 is 0 Å². The molecule has 1 saturated carbocycles. The zero-order valence-electron chi connectivity index (χ0n) is 20.2. The van der Waals surface area contributed by atoms with Crippen LogP contribution in [0, 0.1) is 5.92 Å². The Balaban J connectivity index is 1.28. The summed E-state index contributed by atoms with van der Waals surface area (Å²) in [5, 5.41) is 14.9. The maximum Gasteiger partial charge on any atom is 0.407 e. The Hall–Kier alpha value is -3.35. The zero-order chi connectivity index (χ0) is 24.8. The lowest BCUT2D eigenvalue weighted by molar-refractivity contribution is -0.138. The van der Waals surface area contributed by atoms with Crippen LogP contribution in [0.5, 0.6) is 0 Å². The number of hydrogen-bond acceptors (Lipinski definition) is 4. The predicted molar refractivity (Wildman–Crippen MR) is 133 cm³/mol. The van der Waals surface area contributed by atoms with E-state index in [-0.39, 0.29) is 31.4 Å². The van der Waals surface area contributed by atoms with Crippen LogP contribution in [0.2, 0.25) is 0 Å². The summed E-state index contributed by atoms with van der Waals surface area (Å²) in [6, 6.07) is 16.3. The molecule has 0 aromatic heterocycles. The lowest BCUT2D eigenvalue weighted by Crippen LogP contribution is -2.52. The summed E-state index contributed by atoms with van der Waals surface area (Å²) in [5.74, 6) is -1.50. The van der Waals surface area contributed by atoms with E-state index in [0.29, 0.717) is 6.42 Å². The first-order chi connectivity index (χ1) is 16.9. The van der Waals surface area contributed by atoms with E-state index in [1.807, 2.05) is 24.3 Å². The molecule has 0 saturated heterocycles. The molecule has 1 unspecified atom stereocenters. The van der Waals surface area contributed by atoms with E-state index < -0.39 is 23.5 Å². The van der Waals surface area contributed by atoms with Crippen LogP contribution in [0.3, 0.4) is 0 Å². The highest BCUT2D eigenvalue weighted by atomic mass is 16.5. The van der Waals surface area contributed by atoms with E-state index in [1.165, 1.54) is 11.1 Å². The highest BCUT2D eigenvalue weighted by Crippen LogP contribution is 2.44. The van der Waals surface area contributed by atoms with Crippen molar-refractivity contribution in [2.24, 2.45) is 5.92 Å². The molecule has 0 radical (unpaired) electrons. The van der Waals surface area contributed by atoms with Crippen LogP contribution >= 0.6 is 0 Å². The second-order valence-electron chi connectivity index (χ2n) is 9.83. The van der Waals surface area contributed by atoms with Crippen molar-refractivity contribution in [2.75, 3.05) is 13.2 Å². The van der Waals surface area contributed by atoms with Gasteiger partial charge in [-0.2, -0.15) is 0 Å². The SMILES string of the molecule is CC(CNC(=O)OCC1c2ccccc2-c2ccccc21)C(=O)NC1(CCC(=O)O)CCCCC1. The standard InChI is InChI=1S/C28H34N2O5/c1-19(26(33)30-28(16-13-25(31)32)14-7-2-8-15-28)17-29-27(34)35-18-24-22-11-5-3-9-20(22)21-10-4-6-12-23(21)24/h3-6,9-12,19,24H,2,7-8,13-18H2,1H3,(H,29,34)(H,30,33)(H,31,32). The van der Waals surface area contributed by atoms with Crippen molar-refractivity contribution in [2.45, 2.75) is 63.3 Å². The average molecular weight is 479 g/mol. The highest BCUT2D eigenvalue weighted by molar-refractivity contribution is 5.81. The number of benzene rings is 2. The molecule has 4 rings (SSSR count). The topological polar surface area (TPSA) is 105 Å². The second-order valence-corrected chi connectivity index (χ2v) is 9.83. The van der Waals surface area contributed by atoms with Gasteiger partial charge in [0.05, 0.1) is 5.92 Å². The summed E-state index contributed by atoms with van der Waals surface area (Å²) >= 11 is 0. The fraction of sp³-hybridized carbons (Fsp3) is 0.464. The number of aliphatic carboxylic acids is 1. The molecule has 7 nitrogen and oxygen atoms in total. The number of hydrogen-bond donors (Lipinski definition) is 3. The van der Waals surface area contributed by atoms with Crippen LogP contribution in [0.25, 0.3) is 11.1 Å². The van der Waals surface area contributed by atoms with Gasteiger partial charge in [-0.05, 0) is 41.5 Å². The number of amides is 2. The molecule has 1 fully saturated rings. The number of carbonyl (C=O) groups excluding carboxylic acids is 2. The molecule has 35 heavy (non-hydrogen) atoms. The van der Waals surface area contributed by atoms with Gasteiger partial charge >= 0.3 is 12.1 Å². The minimum absolute atomic E-state index is 0.0192. The Labute approximate surface area is 206 Å². The van der Waals surface area contributed by atoms with Crippen molar-refractivity contribution in [1.29, 1.82) is 0 Å². The van der Waals surface area contributed by atoms with Crippen molar-refractivity contribution in [1.82, 2.24) is 10.6 Å². The van der Waals surface area contributed by atoms with Gasteiger partial charge in [0.1, 0.15) is 6.61 Å². The van der Waals surface area contributed by atoms with Gasteiger partial charge in [-0.15, -0.1) is 0 Å². The van der Waals surface area contributed by atoms with Crippen LogP contribution in [-0.4, -0.2) is 41.8 Å². The summed E-state index contributed by atoms with van der Waals surface area (Å²) in [5.41, 5.74) is 4.16. The van der Waals surface area contributed by atoms with Gasteiger partial charge in [0.2, 0.25) is 5.91 Å². The Morgan fingerprint density at radius 2 is 1.60 bits per heavy atom. The Morgan fingerprint density at radius 1 is 1.00 bits per heavy atom. The van der Waals surface area contributed by atoms with E-state index in [4.69, 9.17) is 9.84 Å². The quantitative estimate of drug-likeness (QED) is 0.478. The van der Waals surface area contributed by atoms with Gasteiger partial charge in [0.15, 0.2) is 0 Å². The minimum atomic E-state index is -0.853. The van der Waals surface area contributed by atoms with Gasteiger partial charge in [-0.25, -0.2) is 4.79 Å². The summed E-state index contributed by atoms with van der Waals surface area (Å²) in [7, 11) is 0. The van der Waals surface area contributed by atoms with Crippen molar-refractivity contribution < 1.29 is 24.2 Å². The fourth-order valence-corrected chi connectivity index (χ4v) is 5.38. The molecule has 2 amide bonds. The lowest BCUT2D eigenvalue weighted by atomic mass is 9.78. The Kier molecular flexibility index (Phi) is 7.73. The molecule has 186 valence electrons. The van der Waals surface area contributed by atoms with Gasteiger partial charge in [-0.3, -0.25) is 9.59 Å². The number of alkyl carbamates (subject to hydrolysis) is 1. The third kappa shape index (κ3) is 5.84. The van der Waals surface area contributed by atoms with Crippen molar-refractivity contribution in [3.05, 3.63) is 59.7 Å². The molecular weight excluding hydrogens is 444 g/mol. The molecule has 0 aliphatic heterocycles. The molecule has 1 atom stereocenters. The van der Waals surface area contributed by atoms with E-state index in [9.17, 15) is 14.4 Å². The van der Waals surface area contributed by atoms with Crippen LogP contribution in [-0.2, 0) is 14.3 Å². The molecule has 2 aliphatic rings. The summed E-state index contributed by atoms with van der Waals surface area (Å²) in [6.45, 7) is 2.13. The Morgan fingerprint density at radius 3 is 2.20 bits per heavy atom. The van der Waals surface area contributed by atoms with Crippen LogP contribution in [0.1, 0.15) is 68.9 Å². The summed E-state index contributed by atoms with van der Waals surface area (Å²) in [4.78, 5) is 36.4. The third-order valence-electron chi connectivity index (χ3n) is 7.36. The fourth-order valence-electron chi connectivity index (χ4n) is 5.38. The average Bonchev–Trinajstić information content (AvgIpc) is 3.19. The molecule has 7 heteroatoms. The number of carboxylic acids is 1. The van der Waals surface area contributed by atoms with E-state index in [0.717, 1.165) is 43.2 Å². The molecule has 2 aliphatic carbocycles. The van der Waals surface area contributed by atoms with Gasteiger partial charge in [0, 0.05) is 24.4 Å². The number of carbonyl (C=O) groups is 3. The normalized spacial score (nSPS) is 17.1. The molecule has 0 bridgehead atoms. The first kappa shape index (κ1) is 24.8. The third-order valence-corrected chi connectivity index (χ3v) is 7.36. The molecule has 3 N–H and O–H groups in total. The van der Waals surface area contributed by atoms with Crippen LogP contribution < -0.4 is 10.6 Å². The largest absolute Gasteiger partial charge is 0.481 e. The maximum atomic E-state index is 12.9. The van der Waals surface area contributed by atoms with E-state index in [2.05, 4.69) is 34.9 Å². The predicted octanol–water partition coefficient (Wildman–Crippen LogP) is 4.85. The molecule has 0 spiro atoms. The second kappa shape index (κ2) is 10.9. The first-order valence-electron chi connectivity index (χ1n) is 12.5. The highest BCUT2D eigenvalue weighted by Gasteiger charge is 2.35. The minimum Gasteiger partial charge on any atom is -0.481 e. The first-order valence-corrected chi connectivity index (χ1v) is 12.5. The molecule has 2 aromatic carbocycles. The Bertz CT molecular complexity index is 1030. The van der Waals surface area contributed by atoms with Crippen molar-refractivity contribution in [3.8, 4) is 11.1 Å².